The molecule has 29 heavy (non-hydrogen) atoms. The highest BCUT2D eigenvalue weighted by Gasteiger charge is 2.22. The number of amides is 1. The lowest BCUT2D eigenvalue weighted by Gasteiger charge is -2.35. The zero-order chi connectivity index (χ0) is 20.6. The average Bonchev–Trinajstić information content (AvgIpc) is 2.77. The zero-order valence-corrected chi connectivity index (χ0v) is 16.2. The van der Waals surface area contributed by atoms with Crippen LogP contribution in [0, 0.1) is 10.1 Å². The van der Waals surface area contributed by atoms with Crippen LogP contribution in [0.1, 0.15) is 11.1 Å². The van der Waals surface area contributed by atoms with Gasteiger partial charge in [0.1, 0.15) is 19.0 Å². The van der Waals surface area contributed by atoms with Crippen molar-refractivity contribution in [3.05, 3.63) is 69.8 Å². The van der Waals surface area contributed by atoms with Crippen molar-refractivity contribution in [1.29, 1.82) is 0 Å². The fourth-order valence-corrected chi connectivity index (χ4v) is 3.04. The molecule has 1 aliphatic rings. The Kier molecular flexibility index (Phi) is 6.72. The molecule has 2 aromatic rings. The van der Waals surface area contributed by atoms with Crippen LogP contribution in [-0.2, 0) is 22.8 Å². The van der Waals surface area contributed by atoms with Gasteiger partial charge in [0.2, 0.25) is 0 Å². The van der Waals surface area contributed by atoms with Crippen LogP contribution in [0.5, 0.6) is 5.75 Å². The number of hydrogen-bond acceptors (Lipinski definition) is 7. The molecule has 0 unspecified atom stereocenters. The molecule has 0 bridgehead atoms. The largest absolute Gasteiger partial charge is 0.497 e. The van der Waals surface area contributed by atoms with Crippen LogP contribution in [0.4, 0.5) is 10.5 Å². The van der Waals surface area contributed by atoms with Gasteiger partial charge in [-0.1, -0.05) is 24.3 Å². The van der Waals surface area contributed by atoms with Gasteiger partial charge < -0.3 is 24.1 Å². The number of piperazine rings is 1. The van der Waals surface area contributed by atoms with Crippen molar-refractivity contribution < 1.29 is 24.2 Å². The van der Waals surface area contributed by atoms with Crippen molar-refractivity contribution in [2.75, 3.05) is 38.2 Å². The summed E-state index contributed by atoms with van der Waals surface area (Å²) < 4.78 is 10.6. The van der Waals surface area contributed by atoms with Gasteiger partial charge in [-0.25, -0.2) is 4.79 Å². The van der Waals surface area contributed by atoms with Crippen LogP contribution in [0.3, 0.4) is 0 Å². The molecular weight excluding hydrogens is 378 g/mol. The summed E-state index contributed by atoms with van der Waals surface area (Å²) >= 11 is 0. The summed E-state index contributed by atoms with van der Waals surface area (Å²) in [6.07, 6.45) is -0.347. The van der Waals surface area contributed by atoms with Crippen molar-refractivity contribution in [1.82, 2.24) is 4.90 Å². The summed E-state index contributed by atoms with van der Waals surface area (Å²) in [5.41, 5.74) is 2.58. The minimum Gasteiger partial charge on any atom is -0.497 e. The Bertz CT molecular complexity index is 817. The highest BCUT2D eigenvalue weighted by atomic mass is 16.9. The summed E-state index contributed by atoms with van der Waals surface area (Å²) in [5, 5.41) is 9.38. The third kappa shape index (κ3) is 5.74. The van der Waals surface area contributed by atoms with Gasteiger partial charge in [0.05, 0.1) is 7.11 Å². The summed E-state index contributed by atoms with van der Waals surface area (Å²) in [6.45, 7) is 2.67. The lowest BCUT2D eigenvalue weighted by Crippen LogP contribution is -2.48. The molecule has 9 heteroatoms. The third-order valence-electron chi connectivity index (χ3n) is 4.70. The van der Waals surface area contributed by atoms with E-state index in [1.165, 1.54) is 0 Å². The fraction of sp³-hybridized carbons (Fsp3) is 0.350. The quantitative estimate of drug-likeness (QED) is 0.520. The monoisotopic (exact) mass is 401 g/mol. The molecule has 3 rings (SSSR count). The van der Waals surface area contributed by atoms with Crippen molar-refractivity contribution >= 4 is 11.8 Å². The van der Waals surface area contributed by atoms with E-state index in [-0.39, 0.29) is 19.3 Å². The van der Waals surface area contributed by atoms with E-state index in [0.717, 1.165) is 30.1 Å². The minimum atomic E-state index is -0.829. The maximum absolute atomic E-state index is 12.3. The smallest absolute Gasteiger partial charge is 0.410 e. The predicted octanol–water partition coefficient (Wildman–Crippen LogP) is 2.86. The highest BCUT2D eigenvalue weighted by Crippen LogP contribution is 2.20. The Hall–Kier alpha value is -3.49. The van der Waals surface area contributed by atoms with Gasteiger partial charge in [-0.3, -0.25) is 0 Å². The Labute approximate surface area is 168 Å². The molecule has 0 aliphatic carbocycles. The molecule has 0 spiro atoms. The van der Waals surface area contributed by atoms with Gasteiger partial charge in [-0.15, -0.1) is 10.1 Å². The Morgan fingerprint density at radius 2 is 1.55 bits per heavy atom. The number of hydrogen-bond donors (Lipinski definition) is 0. The molecule has 154 valence electrons. The Morgan fingerprint density at radius 3 is 2.10 bits per heavy atom. The van der Waals surface area contributed by atoms with Gasteiger partial charge in [0.25, 0.3) is 5.09 Å². The van der Waals surface area contributed by atoms with Crippen molar-refractivity contribution in [3.63, 3.8) is 0 Å². The van der Waals surface area contributed by atoms with Gasteiger partial charge >= 0.3 is 6.09 Å². The maximum atomic E-state index is 12.3. The van der Waals surface area contributed by atoms with Crippen LogP contribution in [-0.4, -0.2) is 49.4 Å². The maximum Gasteiger partial charge on any atom is 0.410 e. The molecule has 1 fully saturated rings. The van der Waals surface area contributed by atoms with E-state index in [4.69, 9.17) is 9.47 Å². The van der Waals surface area contributed by atoms with Gasteiger partial charge in [-0.2, -0.15) is 0 Å². The Balaban J connectivity index is 1.43. The molecule has 0 N–H and O–H groups in total. The number of methoxy groups -OCH3 is 1. The van der Waals surface area contributed by atoms with E-state index >= 15 is 0 Å². The second-order valence-electron chi connectivity index (χ2n) is 6.54. The first-order valence-corrected chi connectivity index (χ1v) is 9.21. The lowest BCUT2D eigenvalue weighted by atomic mass is 10.1. The molecule has 0 saturated carbocycles. The van der Waals surface area contributed by atoms with Crippen LogP contribution < -0.4 is 9.64 Å². The lowest BCUT2D eigenvalue weighted by molar-refractivity contribution is -0.763. The zero-order valence-electron chi connectivity index (χ0n) is 16.2. The van der Waals surface area contributed by atoms with E-state index in [0.29, 0.717) is 18.7 Å². The Morgan fingerprint density at radius 1 is 0.966 bits per heavy atom. The number of anilines is 1. The molecule has 2 aromatic carbocycles. The van der Waals surface area contributed by atoms with Gasteiger partial charge in [-0.05, 0) is 35.4 Å². The first kappa shape index (κ1) is 20.2. The SMILES string of the molecule is COc1ccc(N2CCN(C(=O)OCc3ccc(CO[N+](=O)[O-])cc3)CC2)cc1. The molecule has 1 saturated heterocycles. The van der Waals surface area contributed by atoms with E-state index < -0.39 is 5.09 Å². The third-order valence-corrected chi connectivity index (χ3v) is 4.70. The number of nitrogens with zero attached hydrogens (tertiary/aromatic N) is 3. The fourth-order valence-electron chi connectivity index (χ4n) is 3.04. The minimum absolute atomic E-state index is 0.106. The highest BCUT2D eigenvalue weighted by molar-refractivity contribution is 5.68. The van der Waals surface area contributed by atoms with E-state index in [2.05, 4.69) is 9.74 Å². The first-order chi connectivity index (χ1) is 14.0. The number of benzene rings is 2. The summed E-state index contributed by atoms with van der Waals surface area (Å²) in [7, 11) is 1.64. The summed E-state index contributed by atoms with van der Waals surface area (Å²) in [6, 6.07) is 14.8. The van der Waals surface area contributed by atoms with Crippen LogP contribution in [0.25, 0.3) is 0 Å². The van der Waals surface area contributed by atoms with Crippen molar-refractivity contribution in [2.24, 2.45) is 0 Å². The second kappa shape index (κ2) is 9.63. The summed E-state index contributed by atoms with van der Waals surface area (Å²) in [5.74, 6) is 0.814. The molecule has 1 heterocycles. The summed E-state index contributed by atoms with van der Waals surface area (Å²) in [4.78, 5) is 30.8. The van der Waals surface area contributed by atoms with Crippen LogP contribution in [0.15, 0.2) is 48.5 Å². The molecule has 1 amide bonds. The average molecular weight is 401 g/mol. The van der Waals surface area contributed by atoms with Crippen LogP contribution >= 0.6 is 0 Å². The van der Waals surface area contributed by atoms with Gasteiger partial charge in [0.15, 0.2) is 0 Å². The number of rotatable bonds is 7. The van der Waals surface area contributed by atoms with Crippen molar-refractivity contribution in [3.8, 4) is 5.75 Å². The molecular formula is C20H23N3O6. The van der Waals surface area contributed by atoms with E-state index in [9.17, 15) is 14.9 Å². The number of carbonyl (C=O) groups excluding carboxylic acids is 1. The number of ether oxygens (including phenoxy) is 2. The number of carbonyl (C=O) groups is 1. The molecule has 1 aliphatic heterocycles. The second-order valence-corrected chi connectivity index (χ2v) is 6.54. The molecule has 0 aromatic heterocycles. The molecule has 0 radical (unpaired) electrons. The van der Waals surface area contributed by atoms with Crippen LogP contribution in [0.2, 0.25) is 0 Å². The molecule has 9 nitrogen and oxygen atoms in total. The van der Waals surface area contributed by atoms with Gasteiger partial charge in [0, 0.05) is 31.9 Å². The van der Waals surface area contributed by atoms with E-state index in [1.807, 2.05) is 24.3 Å². The molecule has 0 atom stereocenters. The standard InChI is InChI=1S/C20H23N3O6/c1-27-19-8-6-18(7-9-19)21-10-12-22(13-11-21)20(24)28-14-16-2-4-17(5-3-16)15-29-23(25)26/h2-9H,10-15H2,1H3. The first-order valence-electron chi connectivity index (χ1n) is 9.21. The topological polar surface area (TPSA) is 94.4 Å². The van der Waals surface area contributed by atoms with E-state index in [1.54, 1.807) is 36.3 Å². The van der Waals surface area contributed by atoms with Crippen molar-refractivity contribution in [2.45, 2.75) is 13.2 Å². The normalized spacial score (nSPS) is 13.7. The predicted molar refractivity (Wildman–Crippen MR) is 105 cm³/mol.